The molecule has 14 heavy (non-hydrogen) atoms. The van der Waals surface area contributed by atoms with Gasteiger partial charge in [-0.25, -0.2) is 0 Å². The molecule has 8 heteroatoms. The first kappa shape index (κ1) is 13.4. The Labute approximate surface area is 83.5 Å². The van der Waals surface area contributed by atoms with Gasteiger partial charge in [-0.15, -0.1) is 0 Å². The smallest absolute Gasteiger partial charge is 0.308 e. The van der Waals surface area contributed by atoms with Gasteiger partial charge in [-0.05, 0) is 12.8 Å². The fraction of sp³-hybridized carbons (Fsp3) is 0.667. The van der Waals surface area contributed by atoms with Gasteiger partial charge >= 0.3 is 10.1 Å². The molecule has 0 fully saturated rings. The maximum Gasteiger partial charge on any atom is 0.308 e. The first-order valence-corrected chi connectivity index (χ1v) is 6.92. The molecule has 0 aromatic carbocycles. The highest BCUT2D eigenvalue weighted by Gasteiger charge is 2.10. The van der Waals surface area contributed by atoms with E-state index in [2.05, 4.69) is 10.8 Å². The quantitative estimate of drug-likeness (QED) is 0.296. The van der Waals surface area contributed by atoms with E-state index in [9.17, 15) is 16.8 Å². The summed E-state index contributed by atoms with van der Waals surface area (Å²) >= 11 is 0. The third kappa shape index (κ3) is 8.02. The van der Waals surface area contributed by atoms with Gasteiger partial charge in [0.2, 0.25) is 0 Å². The van der Waals surface area contributed by atoms with Crippen LogP contribution in [-0.2, 0) is 24.4 Å². The lowest BCUT2D eigenvalue weighted by Crippen LogP contribution is -2.10. The molecular formula is C6H12O6S2. The van der Waals surface area contributed by atoms with E-state index in [1.807, 2.05) is 0 Å². The topological polar surface area (TPSA) is 97.7 Å². The lowest BCUT2D eigenvalue weighted by atomic mass is 10.4. The number of hydrogen-bond donors (Lipinski definition) is 1. The molecular weight excluding hydrogens is 232 g/mol. The molecule has 0 aliphatic heterocycles. The maximum atomic E-state index is 10.8. The Morgan fingerprint density at radius 3 is 2.07 bits per heavy atom. The van der Waals surface area contributed by atoms with E-state index in [1.54, 1.807) is 0 Å². The van der Waals surface area contributed by atoms with Gasteiger partial charge in [-0.2, -0.15) is 16.8 Å². The first-order chi connectivity index (χ1) is 6.27. The number of hydrogen-bond acceptors (Lipinski definition) is 5. The van der Waals surface area contributed by atoms with Gasteiger partial charge in [0.25, 0.3) is 10.1 Å². The molecule has 0 bridgehead atoms. The molecule has 0 radical (unpaired) electrons. The van der Waals surface area contributed by atoms with Crippen LogP contribution in [0.1, 0.15) is 12.8 Å². The predicted molar refractivity (Wildman–Crippen MR) is 50.7 cm³/mol. The van der Waals surface area contributed by atoms with Crippen molar-refractivity contribution in [3.63, 3.8) is 0 Å². The molecule has 0 unspecified atom stereocenters. The van der Waals surface area contributed by atoms with Crippen molar-refractivity contribution in [3.8, 4) is 0 Å². The van der Waals surface area contributed by atoms with E-state index in [-0.39, 0.29) is 18.6 Å². The molecule has 1 N–H and O–H groups in total. The van der Waals surface area contributed by atoms with Crippen molar-refractivity contribution in [1.82, 2.24) is 0 Å². The summed E-state index contributed by atoms with van der Waals surface area (Å²) in [6, 6.07) is 0. The molecule has 0 heterocycles. The highest BCUT2D eigenvalue weighted by molar-refractivity contribution is 7.86. The standard InChI is InChI=1S/C6H12O6S2/c1-2-12-14(10,11)6-4-3-5-13(7,8)9/h2H,1,3-6H2,(H,7,8,9). The highest BCUT2D eigenvalue weighted by Crippen LogP contribution is 2.01. The molecule has 0 atom stereocenters. The molecule has 6 nitrogen and oxygen atoms in total. The summed E-state index contributed by atoms with van der Waals surface area (Å²) in [5.74, 6) is -0.745. The summed E-state index contributed by atoms with van der Waals surface area (Å²) in [7, 11) is -7.65. The zero-order valence-electron chi connectivity index (χ0n) is 7.42. The van der Waals surface area contributed by atoms with Crippen LogP contribution in [0.2, 0.25) is 0 Å². The van der Waals surface area contributed by atoms with Gasteiger partial charge in [0.05, 0.1) is 17.8 Å². The van der Waals surface area contributed by atoms with E-state index in [4.69, 9.17) is 4.55 Å². The van der Waals surface area contributed by atoms with Crippen LogP contribution in [0.5, 0.6) is 0 Å². The summed E-state index contributed by atoms with van der Waals surface area (Å²) in [4.78, 5) is 0. The fourth-order valence-electron chi connectivity index (χ4n) is 0.715. The van der Waals surface area contributed by atoms with E-state index in [1.165, 1.54) is 0 Å². The predicted octanol–water partition coefficient (Wildman–Crippen LogP) is 0.144. The number of rotatable bonds is 7. The average Bonchev–Trinajstić information content (AvgIpc) is 1.96. The highest BCUT2D eigenvalue weighted by atomic mass is 32.2. The number of unbranched alkanes of at least 4 members (excludes halogenated alkanes) is 1. The van der Waals surface area contributed by atoms with Gasteiger partial charge in [0.1, 0.15) is 0 Å². The maximum absolute atomic E-state index is 10.8. The van der Waals surface area contributed by atoms with Crippen molar-refractivity contribution in [1.29, 1.82) is 0 Å². The van der Waals surface area contributed by atoms with Gasteiger partial charge in [0.15, 0.2) is 0 Å². The van der Waals surface area contributed by atoms with Gasteiger partial charge < -0.3 is 4.18 Å². The van der Waals surface area contributed by atoms with Crippen molar-refractivity contribution < 1.29 is 25.6 Å². The monoisotopic (exact) mass is 244 g/mol. The Kier molecular flexibility index (Phi) is 5.09. The molecule has 0 rings (SSSR count). The van der Waals surface area contributed by atoms with Crippen LogP contribution in [0.15, 0.2) is 12.8 Å². The van der Waals surface area contributed by atoms with Crippen molar-refractivity contribution in [2.75, 3.05) is 11.5 Å². The SMILES string of the molecule is C=COS(=O)(=O)CCCCS(=O)(=O)O. The van der Waals surface area contributed by atoms with Crippen LogP contribution in [0.4, 0.5) is 0 Å². The van der Waals surface area contributed by atoms with Crippen molar-refractivity contribution in [2.45, 2.75) is 12.8 Å². The van der Waals surface area contributed by atoms with E-state index in [0.717, 1.165) is 6.26 Å². The zero-order chi connectivity index (χ0) is 11.2. The van der Waals surface area contributed by atoms with Gasteiger partial charge in [0, 0.05) is 0 Å². The third-order valence-corrected chi connectivity index (χ3v) is 3.28. The Morgan fingerprint density at radius 1 is 1.14 bits per heavy atom. The average molecular weight is 244 g/mol. The zero-order valence-corrected chi connectivity index (χ0v) is 9.05. The minimum absolute atomic E-state index is 0.0680. The van der Waals surface area contributed by atoms with Gasteiger partial charge in [-0.3, -0.25) is 4.55 Å². The second kappa shape index (κ2) is 5.32. The summed E-state index contributed by atoms with van der Waals surface area (Å²) in [6.45, 7) is 3.08. The van der Waals surface area contributed by atoms with E-state index < -0.39 is 26.0 Å². The molecule has 0 aliphatic carbocycles. The molecule has 0 saturated carbocycles. The molecule has 84 valence electrons. The summed E-state index contributed by atoms with van der Waals surface area (Å²) in [5, 5.41) is 0. The van der Waals surface area contributed by atoms with Crippen LogP contribution in [-0.4, -0.2) is 32.9 Å². The van der Waals surface area contributed by atoms with Gasteiger partial charge in [-0.1, -0.05) is 6.58 Å². The molecule has 0 amide bonds. The second-order valence-electron chi connectivity index (χ2n) is 2.52. The Morgan fingerprint density at radius 2 is 1.64 bits per heavy atom. The second-order valence-corrected chi connectivity index (χ2v) is 5.81. The minimum atomic E-state index is -4.01. The summed E-state index contributed by atoms with van der Waals surface area (Å²) in [5.41, 5.74) is 0. The van der Waals surface area contributed by atoms with Crippen LogP contribution >= 0.6 is 0 Å². The molecule has 0 aromatic rings. The summed E-state index contributed by atoms with van der Waals surface area (Å²) in [6.07, 6.45) is 0.965. The fourth-order valence-corrected chi connectivity index (χ4v) is 2.15. The largest absolute Gasteiger partial charge is 0.391 e. The van der Waals surface area contributed by atoms with Crippen molar-refractivity contribution >= 4 is 20.2 Å². The normalized spacial score (nSPS) is 12.4. The van der Waals surface area contributed by atoms with Crippen LogP contribution < -0.4 is 0 Å². The van der Waals surface area contributed by atoms with Crippen LogP contribution in [0.25, 0.3) is 0 Å². The Bertz CT molecular complexity index is 365. The summed E-state index contributed by atoms with van der Waals surface area (Å²) < 4.78 is 54.7. The molecule has 0 spiro atoms. The Balaban J connectivity index is 3.81. The molecule has 0 aromatic heterocycles. The Hall–Kier alpha value is -0.600. The minimum Gasteiger partial charge on any atom is -0.391 e. The van der Waals surface area contributed by atoms with E-state index >= 15 is 0 Å². The molecule has 0 aliphatic rings. The van der Waals surface area contributed by atoms with E-state index in [0.29, 0.717) is 0 Å². The van der Waals surface area contributed by atoms with Crippen molar-refractivity contribution in [2.24, 2.45) is 0 Å². The lowest BCUT2D eigenvalue weighted by molar-refractivity contribution is 0.442. The van der Waals surface area contributed by atoms with Crippen LogP contribution in [0.3, 0.4) is 0 Å². The molecule has 0 saturated heterocycles. The van der Waals surface area contributed by atoms with Crippen molar-refractivity contribution in [3.05, 3.63) is 12.8 Å². The third-order valence-electron chi connectivity index (χ3n) is 1.26. The van der Waals surface area contributed by atoms with Crippen LogP contribution in [0, 0.1) is 0 Å². The lowest BCUT2D eigenvalue weighted by Gasteiger charge is -2.01. The first-order valence-electron chi connectivity index (χ1n) is 3.74.